The summed E-state index contributed by atoms with van der Waals surface area (Å²) in [4.78, 5) is 0. The third kappa shape index (κ3) is 3.35. The number of halogens is 1. The first-order valence-electron chi connectivity index (χ1n) is 7.36. The molecule has 0 bridgehead atoms. The Labute approximate surface area is 135 Å². The quantitative estimate of drug-likeness (QED) is 0.844. The van der Waals surface area contributed by atoms with E-state index in [0.717, 1.165) is 41.0 Å². The molecule has 0 radical (unpaired) electrons. The fourth-order valence-corrected chi connectivity index (χ4v) is 3.68. The van der Waals surface area contributed by atoms with E-state index in [2.05, 4.69) is 34.2 Å². The molecule has 1 N–H and O–H groups in total. The Morgan fingerprint density at radius 1 is 1.33 bits per heavy atom. The molecule has 3 unspecified atom stereocenters. The van der Waals surface area contributed by atoms with Crippen molar-refractivity contribution in [2.45, 2.75) is 31.9 Å². The minimum Gasteiger partial charge on any atom is -0.496 e. The number of ether oxygens (including phenoxy) is 3. The van der Waals surface area contributed by atoms with E-state index >= 15 is 0 Å². The van der Waals surface area contributed by atoms with Crippen LogP contribution in [0.15, 0.2) is 16.6 Å². The summed E-state index contributed by atoms with van der Waals surface area (Å²) >= 11 is 3.51. The molecule has 1 saturated heterocycles. The second-order valence-corrected chi connectivity index (χ2v) is 6.12. The van der Waals surface area contributed by atoms with Crippen molar-refractivity contribution in [3.63, 3.8) is 0 Å². The van der Waals surface area contributed by atoms with Crippen molar-refractivity contribution in [2.24, 2.45) is 5.92 Å². The molecule has 1 aliphatic rings. The Balaban J connectivity index is 2.41. The van der Waals surface area contributed by atoms with E-state index < -0.39 is 0 Å². The average Bonchev–Trinajstić information content (AvgIpc) is 2.97. The first-order chi connectivity index (χ1) is 10.2. The van der Waals surface area contributed by atoms with Crippen molar-refractivity contribution in [1.29, 1.82) is 0 Å². The highest BCUT2D eigenvalue weighted by molar-refractivity contribution is 9.10. The molecule has 1 heterocycles. The second-order valence-electron chi connectivity index (χ2n) is 5.27. The van der Waals surface area contributed by atoms with Crippen LogP contribution in [0.3, 0.4) is 0 Å². The zero-order valence-electron chi connectivity index (χ0n) is 13.1. The van der Waals surface area contributed by atoms with Crippen LogP contribution in [0.5, 0.6) is 11.5 Å². The van der Waals surface area contributed by atoms with E-state index in [1.54, 1.807) is 14.2 Å². The average molecular weight is 358 g/mol. The molecule has 118 valence electrons. The van der Waals surface area contributed by atoms with E-state index in [-0.39, 0.29) is 6.04 Å². The number of methoxy groups -OCH3 is 2. The molecule has 0 spiro atoms. The van der Waals surface area contributed by atoms with E-state index in [9.17, 15) is 0 Å². The van der Waals surface area contributed by atoms with Crippen LogP contribution >= 0.6 is 15.9 Å². The lowest BCUT2D eigenvalue weighted by Crippen LogP contribution is -2.31. The summed E-state index contributed by atoms with van der Waals surface area (Å²) in [6, 6.07) is 4.21. The predicted octanol–water partition coefficient (Wildman–Crippen LogP) is 3.54. The van der Waals surface area contributed by atoms with Crippen LogP contribution in [0.4, 0.5) is 0 Å². The largest absolute Gasteiger partial charge is 0.496 e. The lowest BCUT2D eigenvalue weighted by atomic mass is 9.86. The maximum atomic E-state index is 5.85. The van der Waals surface area contributed by atoms with E-state index in [1.165, 1.54) is 0 Å². The van der Waals surface area contributed by atoms with Crippen molar-refractivity contribution in [1.82, 2.24) is 5.32 Å². The van der Waals surface area contributed by atoms with E-state index in [1.807, 2.05) is 13.1 Å². The first kappa shape index (κ1) is 16.6. The van der Waals surface area contributed by atoms with Gasteiger partial charge in [-0.1, -0.05) is 6.92 Å². The van der Waals surface area contributed by atoms with Gasteiger partial charge in [0.2, 0.25) is 0 Å². The van der Waals surface area contributed by atoms with Crippen molar-refractivity contribution < 1.29 is 14.2 Å². The fourth-order valence-electron chi connectivity index (χ4n) is 3.19. The molecule has 1 fully saturated rings. The van der Waals surface area contributed by atoms with E-state index in [4.69, 9.17) is 14.2 Å². The molecule has 4 nitrogen and oxygen atoms in total. The van der Waals surface area contributed by atoms with Crippen molar-refractivity contribution >= 4 is 15.9 Å². The van der Waals surface area contributed by atoms with Crippen LogP contribution in [-0.4, -0.2) is 34.0 Å². The van der Waals surface area contributed by atoms with Crippen molar-refractivity contribution in [2.75, 3.05) is 27.9 Å². The minimum absolute atomic E-state index is 0.189. The lowest BCUT2D eigenvalue weighted by Gasteiger charge is -2.29. The van der Waals surface area contributed by atoms with Crippen molar-refractivity contribution in [3.05, 3.63) is 22.2 Å². The van der Waals surface area contributed by atoms with Gasteiger partial charge in [0.05, 0.1) is 24.8 Å². The maximum Gasteiger partial charge on any atom is 0.133 e. The summed E-state index contributed by atoms with van der Waals surface area (Å²) in [5.74, 6) is 2.13. The minimum atomic E-state index is 0.189. The summed E-state index contributed by atoms with van der Waals surface area (Å²) in [5.41, 5.74) is 1.12. The SMILES string of the molecule is CCC1OCCC1C(NC)c1cc(OC)c(Br)cc1OC. The zero-order chi connectivity index (χ0) is 15.4. The second kappa shape index (κ2) is 7.47. The predicted molar refractivity (Wildman–Crippen MR) is 87.2 cm³/mol. The monoisotopic (exact) mass is 357 g/mol. The number of hydrogen-bond acceptors (Lipinski definition) is 4. The number of hydrogen-bond donors (Lipinski definition) is 1. The summed E-state index contributed by atoms with van der Waals surface area (Å²) in [6.07, 6.45) is 2.38. The standard InChI is InChI=1S/C16H24BrNO3/c1-5-13-10(6-7-21-13)16(18-2)11-8-15(20-4)12(17)9-14(11)19-3/h8-10,13,16,18H,5-7H2,1-4H3. The highest BCUT2D eigenvalue weighted by Gasteiger charge is 2.35. The molecule has 1 aromatic carbocycles. The fraction of sp³-hybridized carbons (Fsp3) is 0.625. The lowest BCUT2D eigenvalue weighted by molar-refractivity contribution is 0.0779. The Morgan fingerprint density at radius 2 is 2.05 bits per heavy atom. The molecule has 0 aliphatic carbocycles. The summed E-state index contributed by atoms with van der Waals surface area (Å²) < 4.78 is 17.8. The van der Waals surface area contributed by atoms with Crippen molar-refractivity contribution in [3.8, 4) is 11.5 Å². The molecule has 1 aromatic rings. The Hall–Kier alpha value is -0.780. The van der Waals surface area contributed by atoms with Gasteiger partial charge in [-0.2, -0.15) is 0 Å². The Morgan fingerprint density at radius 3 is 2.62 bits per heavy atom. The van der Waals surface area contributed by atoms with Crippen LogP contribution in [-0.2, 0) is 4.74 Å². The molecule has 21 heavy (non-hydrogen) atoms. The molecule has 5 heteroatoms. The van der Waals surface area contributed by atoms with Gasteiger partial charge in [-0.15, -0.1) is 0 Å². The van der Waals surface area contributed by atoms with Gasteiger partial charge >= 0.3 is 0 Å². The van der Waals surface area contributed by atoms with Crippen LogP contribution in [0.25, 0.3) is 0 Å². The smallest absolute Gasteiger partial charge is 0.133 e. The molecule has 0 aromatic heterocycles. The van der Waals surface area contributed by atoms with Gasteiger partial charge in [0.1, 0.15) is 11.5 Å². The molecule has 2 rings (SSSR count). The summed E-state index contributed by atoms with van der Waals surface area (Å²) in [6.45, 7) is 3.01. The molecular formula is C16H24BrNO3. The third-order valence-electron chi connectivity index (χ3n) is 4.24. The van der Waals surface area contributed by atoms with Crippen LogP contribution < -0.4 is 14.8 Å². The number of nitrogens with one attached hydrogen (secondary N) is 1. The highest BCUT2D eigenvalue weighted by atomic mass is 79.9. The van der Waals surface area contributed by atoms with Gasteiger partial charge < -0.3 is 19.5 Å². The van der Waals surface area contributed by atoms with Gasteiger partial charge in [-0.3, -0.25) is 0 Å². The maximum absolute atomic E-state index is 5.85. The first-order valence-corrected chi connectivity index (χ1v) is 8.15. The van der Waals surface area contributed by atoms with Crippen LogP contribution in [0.1, 0.15) is 31.4 Å². The third-order valence-corrected chi connectivity index (χ3v) is 4.86. The molecule has 1 aliphatic heterocycles. The van der Waals surface area contributed by atoms with E-state index in [0.29, 0.717) is 12.0 Å². The number of rotatable bonds is 6. The van der Waals surface area contributed by atoms with Gasteiger partial charge in [-0.05, 0) is 48.0 Å². The highest BCUT2D eigenvalue weighted by Crippen LogP contribution is 2.41. The van der Waals surface area contributed by atoms with Gasteiger partial charge in [0.25, 0.3) is 0 Å². The molecule has 3 atom stereocenters. The Bertz CT molecular complexity index is 481. The summed E-state index contributed by atoms with van der Waals surface area (Å²) in [7, 11) is 5.37. The topological polar surface area (TPSA) is 39.7 Å². The molecule has 0 saturated carbocycles. The van der Waals surface area contributed by atoms with Gasteiger partial charge in [-0.25, -0.2) is 0 Å². The normalized spacial score (nSPS) is 23.1. The van der Waals surface area contributed by atoms with Crippen LogP contribution in [0, 0.1) is 5.92 Å². The summed E-state index contributed by atoms with van der Waals surface area (Å²) in [5, 5.41) is 3.44. The molecule has 0 amide bonds. The van der Waals surface area contributed by atoms with Gasteiger partial charge in [0, 0.05) is 24.1 Å². The van der Waals surface area contributed by atoms with Gasteiger partial charge in [0.15, 0.2) is 0 Å². The Kier molecular flexibility index (Phi) is 5.90. The zero-order valence-corrected chi connectivity index (χ0v) is 14.7. The number of benzene rings is 1. The molecular weight excluding hydrogens is 334 g/mol. The van der Waals surface area contributed by atoms with Crippen LogP contribution in [0.2, 0.25) is 0 Å².